The minimum Gasteiger partial charge on any atom is -0.497 e. The van der Waals surface area contributed by atoms with E-state index in [0.29, 0.717) is 6.61 Å². The number of rotatable bonds is 5. The third-order valence-corrected chi connectivity index (χ3v) is 1.71. The number of hydrogen-bond donors (Lipinski definition) is 1. The molecule has 0 aromatic rings. The third-order valence-electron chi connectivity index (χ3n) is 1.71. The average molecular weight is 155 g/mol. The normalized spacial score (nSPS) is 11.9. The van der Waals surface area contributed by atoms with Crippen molar-refractivity contribution in [3.63, 3.8) is 0 Å². The van der Waals surface area contributed by atoms with Gasteiger partial charge in [0.05, 0.1) is 6.26 Å². The van der Waals surface area contributed by atoms with Gasteiger partial charge in [0.1, 0.15) is 6.61 Å². The van der Waals surface area contributed by atoms with E-state index < -0.39 is 0 Å². The van der Waals surface area contributed by atoms with Gasteiger partial charge in [-0.3, -0.25) is 0 Å². The zero-order valence-electron chi connectivity index (χ0n) is 7.61. The Hall–Kier alpha value is -0.920. The quantitative estimate of drug-likeness (QED) is 0.613. The molecule has 64 valence electrons. The van der Waals surface area contributed by atoms with Crippen molar-refractivity contribution in [2.24, 2.45) is 0 Å². The lowest BCUT2D eigenvalue weighted by molar-refractivity contribution is 0.277. The Labute approximate surface area is 68.9 Å². The molecular weight excluding hydrogens is 138 g/mol. The lowest BCUT2D eigenvalue weighted by Gasteiger charge is -2.08. The molecule has 0 heterocycles. The van der Waals surface area contributed by atoms with E-state index in [1.54, 1.807) is 0 Å². The predicted molar refractivity (Wildman–Crippen MR) is 48.2 cm³/mol. The van der Waals surface area contributed by atoms with Crippen LogP contribution in [0.2, 0.25) is 0 Å². The standard InChI is InChI=1S/C9H17NO/c1-5-9(7-11-6-2)8(3)10-4/h6,10H,2,5,7H2,1,3-4H3/b9-8-. The van der Waals surface area contributed by atoms with Crippen molar-refractivity contribution in [2.75, 3.05) is 13.7 Å². The summed E-state index contributed by atoms with van der Waals surface area (Å²) < 4.78 is 5.08. The van der Waals surface area contributed by atoms with Gasteiger partial charge in [-0.05, 0) is 18.9 Å². The van der Waals surface area contributed by atoms with Crippen LogP contribution in [0.25, 0.3) is 0 Å². The molecule has 0 saturated heterocycles. The average Bonchev–Trinajstić information content (AvgIpc) is 2.05. The maximum Gasteiger partial charge on any atom is 0.110 e. The zero-order chi connectivity index (χ0) is 8.69. The fraction of sp³-hybridized carbons (Fsp3) is 0.556. The van der Waals surface area contributed by atoms with Crippen LogP contribution in [-0.4, -0.2) is 13.7 Å². The molecule has 0 aliphatic heterocycles. The summed E-state index contributed by atoms with van der Waals surface area (Å²) in [7, 11) is 1.92. The second-order valence-electron chi connectivity index (χ2n) is 2.31. The predicted octanol–water partition coefficient (Wildman–Crippen LogP) is 2.05. The molecule has 0 saturated carbocycles. The van der Waals surface area contributed by atoms with Crippen molar-refractivity contribution < 1.29 is 4.74 Å². The largest absolute Gasteiger partial charge is 0.497 e. The summed E-state index contributed by atoms with van der Waals surface area (Å²) in [6, 6.07) is 0. The van der Waals surface area contributed by atoms with Crippen molar-refractivity contribution in [3.8, 4) is 0 Å². The Morgan fingerprint density at radius 1 is 1.64 bits per heavy atom. The van der Waals surface area contributed by atoms with E-state index in [-0.39, 0.29) is 0 Å². The van der Waals surface area contributed by atoms with Gasteiger partial charge in [0, 0.05) is 12.7 Å². The molecule has 2 nitrogen and oxygen atoms in total. The summed E-state index contributed by atoms with van der Waals surface area (Å²) in [5.74, 6) is 0. The first kappa shape index (κ1) is 10.1. The maximum atomic E-state index is 5.08. The SMILES string of the molecule is C=COC/C(CC)=C(/C)NC. The molecule has 0 radical (unpaired) electrons. The van der Waals surface area contributed by atoms with Crippen LogP contribution in [0.1, 0.15) is 20.3 Å². The first-order chi connectivity index (χ1) is 5.26. The van der Waals surface area contributed by atoms with Crippen molar-refractivity contribution in [1.29, 1.82) is 0 Å². The van der Waals surface area contributed by atoms with Crippen LogP contribution >= 0.6 is 0 Å². The molecule has 0 aromatic heterocycles. The van der Waals surface area contributed by atoms with E-state index in [9.17, 15) is 0 Å². The van der Waals surface area contributed by atoms with Gasteiger partial charge < -0.3 is 10.1 Å². The summed E-state index contributed by atoms with van der Waals surface area (Å²) in [5, 5.41) is 3.09. The summed E-state index contributed by atoms with van der Waals surface area (Å²) >= 11 is 0. The fourth-order valence-corrected chi connectivity index (χ4v) is 0.812. The van der Waals surface area contributed by atoms with Crippen LogP contribution in [0.4, 0.5) is 0 Å². The first-order valence-corrected chi connectivity index (χ1v) is 3.85. The van der Waals surface area contributed by atoms with Crippen molar-refractivity contribution in [1.82, 2.24) is 5.32 Å². The summed E-state index contributed by atoms with van der Waals surface area (Å²) in [4.78, 5) is 0. The molecule has 0 bridgehead atoms. The second kappa shape index (κ2) is 5.83. The van der Waals surface area contributed by atoms with Crippen molar-refractivity contribution >= 4 is 0 Å². The smallest absolute Gasteiger partial charge is 0.110 e. The topological polar surface area (TPSA) is 21.3 Å². The molecule has 0 fully saturated rings. The monoisotopic (exact) mass is 155 g/mol. The highest BCUT2D eigenvalue weighted by Crippen LogP contribution is 2.05. The molecule has 0 aromatic carbocycles. The molecule has 11 heavy (non-hydrogen) atoms. The fourth-order valence-electron chi connectivity index (χ4n) is 0.812. The Kier molecular flexibility index (Phi) is 5.35. The van der Waals surface area contributed by atoms with Gasteiger partial charge in [-0.1, -0.05) is 13.5 Å². The van der Waals surface area contributed by atoms with E-state index in [1.165, 1.54) is 17.5 Å². The molecular formula is C9H17NO. The number of nitrogens with one attached hydrogen (secondary N) is 1. The summed E-state index contributed by atoms with van der Waals surface area (Å²) in [5.41, 5.74) is 2.47. The summed E-state index contributed by atoms with van der Waals surface area (Å²) in [6.07, 6.45) is 2.49. The van der Waals surface area contributed by atoms with Gasteiger partial charge in [0.15, 0.2) is 0 Å². The molecule has 2 heteroatoms. The molecule has 1 N–H and O–H groups in total. The second-order valence-corrected chi connectivity index (χ2v) is 2.31. The van der Waals surface area contributed by atoms with Crippen LogP contribution in [0, 0.1) is 0 Å². The maximum absolute atomic E-state index is 5.08. The Bertz CT molecular complexity index is 150. The number of hydrogen-bond acceptors (Lipinski definition) is 2. The summed E-state index contributed by atoms with van der Waals surface area (Å²) in [6.45, 7) is 8.29. The molecule has 0 spiro atoms. The molecule has 0 rings (SSSR count). The molecule has 0 aliphatic carbocycles. The van der Waals surface area contributed by atoms with E-state index >= 15 is 0 Å². The van der Waals surface area contributed by atoms with Crippen LogP contribution in [0.5, 0.6) is 0 Å². The van der Waals surface area contributed by atoms with Gasteiger partial charge in [-0.2, -0.15) is 0 Å². The third kappa shape index (κ3) is 3.71. The lowest BCUT2D eigenvalue weighted by atomic mass is 10.2. The van der Waals surface area contributed by atoms with Crippen LogP contribution in [0.15, 0.2) is 24.1 Å². The highest BCUT2D eigenvalue weighted by Gasteiger charge is 1.97. The number of ether oxygens (including phenoxy) is 1. The molecule has 0 unspecified atom stereocenters. The van der Waals surface area contributed by atoms with Gasteiger partial charge in [0.25, 0.3) is 0 Å². The van der Waals surface area contributed by atoms with E-state index in [0.717, 1.165) is 6.42 Å². The molecule has 0 atom stereocenters. The van der Waals surface area contributed by atoms with E-state index in [1.807, 2.05) is 14.0 Å². The van der Waals surface area contributed by atoms with E-state index in [2.05, 4.69) is 18.8 Å². The Balaban J connectivity index is 4.02. The van der Waals surface area contributed by atoms with Gasteiger partial charge in [-0.15, -0.1) is 0 Å². The first-order valence-electron chi connectivity index (χ1n) is 3.85. The highest BCUT2D eigenvalue weighted by molar-refractivity contribution is 5.10. The van der Waals surface area contributed by atoms with Gasteiger partial charge in [-0.25, -0.2) is 0 Å². The van der Waals surface area contributed by atoms with Crippen molar-refractivity contribution in [3.05, 3.63) is 24.1 Å². The van der Waals surface area contributed by atoms with Crippen LogP contribution in [0.3, 0.4) is 0 Å². The minimum atomic E-state index is 0.646. The van der Waals surface area contributed by atoms with Crippen LogP contribution < -0.4 is 5.32 Å². The zero-order valence-corrected chi connectivity index (χ0v) is 7.61. The van der Waals surface area contributed by atoms with Gasteiger partial charge >= 0.3 is 0 Å². The van der Waals surface area contributed by atoms with E-state index in [4.69, 9.17) is 4.74 Å². The number of allylic oxidation sites excluding steroid dienone is 1. The van der Waals surface area contributed by atoms with Gasteiger partial charge in [0.2, 0.25) is 0 Å². The molecule has 0 aliphatic rings. The van der Waals surface area contributed by atoms with Crippen LogP contribution in [-0.2, 0) is 4.74 Å². The Morgan fingerprint density at radius 3 is 2.64 bits per heavy atom. The highest BCUT2D eigenvalue weighted by atomic mass is 16.5. The molecule has 0 amide bonds. The van der Waals surface area contributed by atoms with Crippen molar-refractivity contribution in [2.45, 2.75) is 20.3 Å². The lowest BCUT2D eigenvalue weighted by Crippen LogP contribution is -2.08. The minimum absolute atomic E-state index is 0.646. The Morgan fingerprint density at radius 2 is 2.27 bits per heavy atom.